The molecular formula is C16H16FNO5S. The van der Waals surface area contributed by atoms with Crippen LogP contribution in [0.3, 0.4) is 0 Å². The predicted molar refractivity (Wildman–Crippen MR) is 83.7 cm³/mol. The van der Waals surface area contributed by atoms with E-state index in [9.17, 15) is 17.9 Å². The summed E-state index contributed by atoms with van der Waals surface area (Å²) in [6.07, 6.45) is -0.754. The van der Waals surface area contributed by atoms with Crippen molar-refractivity contribution in [2.24, 2.45) is 0 Å². The van der Waals surface area contributed by atoms with Crippen molar-refractivity contribution >= 4 is 10.0 Å². The van der Waals surface area contributed by atoms with Gasteiger partial charge in [0.05, 0.1) is 6.10 Å². The highest BCUT2D eigenvalue weighted by atomic mass is 32.2. The maximum atomic E-state index is 13.6. The maximum absolute atomic E-state index is 13.6. The number of halogens is 1. The molecule has 1 aliphatic rings. The summed E-state index contributed by atoms with van der Waals surface area (Å²) in [7, 11) is -3.96. The average molecular weight is 353 g/mol. The van der Waals surface area contributed by atoms with E-state index in [1.54, 1.807) is 18.2 Å². The fraction of sp³-hybridized carbons (Fsp3) is 0.250. The van der Waals surface area contributed by atoms with Crippen molar-refractivity contribution in [3.8, 4) is 11.5 Å². The number of rotatable bonds is 6. The van der Waals surface area contributed by atoms with Crippen LogP contribution in [-0.2, 0) is 10.0 Å². The molecule has 3 rings (SSSR count). The number of fused-ring (bicyclic) bond motifs is 1. The largest absolute Gasteiger partial charge is 0.454 e. The summed E-state index contributed by atoms with van der Waals surface area (Å²) in [6.45, 7) is 0.101. The Labute approximate surface area is 138 Å². The van der Waals surface area contributed by atoms with Gasteiger partial charge in [0.1, 0.15) is 10.7 Å². The predicted octanol–water partition coefficient (Wildman–Crippen LogP) is 1.96. The molecule has 2 aromatic carbocycles. The fourth-order valence-electron chi connectivity index (χ4n) is 2.36. The second-order valence-electron chi connectivity index (χ2n) is 5.25. The molecule has 2 N–H and O–H groups in total. The monoisotopic (exact) mass is 353 g/mol. The first-order valence-corrected chi connectivity index (χ1v) is 8.77. The minimum absolute atomic E-state index is 0.0354. The molecule has 24 heavy (non-hydrogen) atoms. The molecule has 6 nitrogen and oxygen atoms in total. The Bertz CT molecular complexity index is 840. The zero-order chi connectivity index (χ0) is 17.2. The molecule has 1 heterocycles. The Kier molecular flexibility index (Phi) is 4.70. The van der Waals surface area contributed by atoms with E-state index in [4.69, 9.17) is 9.47 Å². The topological polar surface area (TPSA) is 84.9 Å². The SMILES string of the molecule is O=S(=O)(NCCC(O)c1ccc2c(c1)OCO2)c1ccccc1F. The van der Waals surface area contributed by atoms with Crippen LogP contribution in [0, 0.1) is 5.82 Å². The van der Waals surface area contributed by atoms with Crippen LogP contribution in [0.1, 0.15) is 18.1 Å². The Hall–Kier alpha value is -2.16. The lowest BCUT2D eigenvalue weighted by atomic mass is 10.1. The van der Waals surface area contributed by atoms with Crippen LogP contribution >= 0.6 is 0 Å². The summed E-state index contributed by atoms with van der Waals surface area (Å²) in [5.74, 6) is 0.325. The summed E-state index contributed by atoms with van der Waals surface area (Å²) in [5, 5.41) is 10.2. The zero-order valence-electron chi connectivity index (χ0n) is 12.6. The van der Waals surface area contributed by atoms with Crippen molar-refractivity contribution in [2.75, 3.05) is 13.3 Å². The van der Waals surface area contributed by atoms with E-state index in [0.717, 1.165) is 6.07 Å². The lowest BCUT2D eigenvalue weighted by molar-refractivity contribution is 0.166. The van der Waals surface area contributed by atoms with Crippen molar-refractivity contribution in [1.82, 2.24) is 4.72 Å². The first-order valence-electron chi connectivity index (χ1n) is 7.29. The molecule has 0 spiro atoms. The Morgan fingerprint density at radius 3 is 2.71 bits per heavy atom. The van der Waals surface area contributed by atoms with Crippen LogP contribution in [0.15, 0.2) is 47.4 Å². The van der Waals surface area contributed by atoms with Gasteiger partial charge in [-0.25, -0.2) is 17.5 Å². The maximum Gasteiger partial charge on any atom is 0.243 e. The standard InChI is InChI=1S/C16H16FNO5S/c17-12-3-1-2-4-16(12)24(20,21)18-8-7-13(19)11-5-6-14-15(9-11)23-10-22-14/h1-6,9,13,18-19H,7-8,10H2. The lowest BCUT2D eigenvalue weighted by Gasteiger charge is -2.13. The van der Waals surface area contributed by atoms with Gasteiger partial charge in [-0.1, -0.05) is 18.2 Å². The van der Waals surface area contributed by atoms with Gasteiger partial charge in [0.15, 0.2) is 11.5 Å². The number of hydrogen-bond acceptors (Lipinski definition) is 5. The zero-order valence-corrected chi connectivity index (χ0v) is 13.4. The summed E-state index contributed by atoms with van der Waals surface area (Å²) in [6, 6.07) is 10.1. The minimum atomic E-state index is -3.96. The van der Waals surface area contributed by atoms with Gasteiger partial charge in [0.25, 0.3) is 0 Å². The number of benzene rings is 2. The van der Waals surface area contributed by atoms with Crippen molar-refractivity contribution < 1.29 is 27.4 Å². The third-order valence-electron chi connectivity index (χ3n) is 3.62. The molecule has 0 aliphatic carbocycles. The van der Waals surface area contributed by atoms with Gasteiger partial charge in [0, 0.05) is 6.54 Å². The molecule has 0 aromatic heterocycles. The molecule has 8 heteroatoms. The number of hydrogen-bond donors (Lipinski definition) is 2. The second-order valence-corrected chi connectivity index (χ2v) is 6.98. The van der Waals surface area contributed by atoms with Crippen LogP contribution in [0.4, 0.5) is 4.39 Å². The second kappa shape index (κ2) is 6.76. The third kappa shape index (κ3) is 3.50. The molecule has 1 aliphatic heterocycles. The smallest absolute Gasteiger partial charge is 0.243 e. The summed E-state index contributed by atoms with van der Waals surface area (Å²) in [4.78, 5) is -0.414. The van der Waals surface area contributed by atoms with Crippen LogP contribution in [0.25, 0.3) is 0 Å². The highest BCUT2D eigenvalue weighted by Crippen LogP contribution is 2.34. The fourth-order valence-corrected chi connectivity index (χ4v) is 3.48. The van der Waals surface area contributed by atoms with Gasteiger partial charge in [-0.15, -0.1) is 0 Å². The molecule has 128 valence electrons. The quantitative estimate of drug-likeness (QED) is 0.829. The molecule has 0 amide bonds. The van der Waals surface area contributed by atoms with Crippen molar-refractivity contribution in [1.29, 1.82) is 0 Å². The van der Waals surface area contributed by atoms with Crippen LogP contribution in [0.5, 0.6) is 11.5 Å². The molecule has 0 saturated heterocycles. The molecule has 0 radical (unpaired) electrons. The van der Waals surface area contributed by atoms with Gasteiger partial charge in [0.2, 0.25) is 16.8 Å². The number of aliphatic hydroxyl groups is 1. The molecular weight excluding hydrogens is 337 g/mol. The summed E-state index contributed by atoms with van der Waals surface area (Å²) < 4.78 is 50.4. The number of ether oxygens (including phenoxy) is 2. The molecule has 1 unspecified atom stereocenters. The van der Waals surface area contributed by atoms with Crippen LogP contribution in [0.2, 0.25) is 0 Å². The van der Waals surface area contributed by atoms with Gasteiger partial charge in [-0.3, -0.25) is 0 Å². The average Bonchev–Trinajstić information content (AvgIpc) is 3.02. The van der Waals surface area contributed by atoms with Gasteiger partial charge in [-0.2, -0.15) is 0 Å². The normalized spacial score (nSPS) is 14.6. The highest BCUT2D eigenvalue weighted by molar-refractivity contribution is 7.89. The van der Waals surface area contributed by atoms with E-state index in [1.165, 1.54) is 18.2 Å². The van der Waals surface area contributed by atoms with Gasteiger partial charge in [-0.05, 0) is 36.2 Å². The van der Waals surface area contributed by atoms with Gasteiger partial charge >= 0.3 is 0 Å². The van der Waals surface area contributed by atoms with Crippen LogP contribution < -0.4 is 14.2 Å². The van der Waals surface area contributed by atoms with Crippen molar-refractivity contribution in [3.05, 3.63) is 53.8 Å². The third-order valence-corrected chi connectivity index (χ3v) is 5.11. The molecule has 0 fully saturated rings. The molecule has 2 aromatic rings. The Morgan fingerprint density at radius 2 is 1.92 bits per heavy atom. The van der Waals surface area contributed by atoms with Crippen molar-refractivity contribution in [3.63, 3.8) is 0 Å². The Balaban J connectivity index is 1.61. The number of nitrogens with one attached hydrogen (secondary N) is 1. The van der Waals surface area contributed by atoms with Crippen molar-refractivity contribution in [2.45, 2.75) is 17.4 Å². The first-order chi connectivity index (χ1) is 11.5. The van der Waals surface area contributed by atoms with E-state index in [2.05, 4.69) is 4.72 Å². The summed E-state index contributed by atoms with van der Waals surface area (Å²) >= 11 is 0. The summed E-state index contributed by atoms with van der Waals surface area (Å²) in [5.41, 5.74) is 0.587. The number of sulfonamides is 1. The van der Waals surface area contributed by atoms with Crippen LogP contribution in [-0.4, -0.2) is 26.9 Å². The molecule has 1 atom stereocenters. The van der Waals surface area contributed by atoms with Gasteiger partial charge < -0.3 is 14.6 Å². The van der Waals surface area contributed by atoms with E-state index >= 15 is 0 Å². The van der Waals surface area contributed by atoms with E-state index in [1.807, 2.05) is 0 Å². The minimum Gasteiger partial charge on any atom is -0.454 e. The first kappa shape index (κ1) is 16.7. The lowest BCUT2D eigenvalue weighted by Crippen LogP contribution is -2.26. The van der Waals surface area contributed by atoms with E-state index in [-0.39, 0.29) is 19.8 Å². The highest BCUT2D eigenvalue weighted by Gasteiger charge is 2.20. The Morgan fingerprint density at radius 1 is 1.17 bits per heavy atom. The number of aliphatic hydroxyl groups excluding tert-OH is 1. The molecule has 0 saturated carbocycles. The van der Waals surface area contributed by atoms with E-state index in [0.29, 0.717) is 17.1 Å². The van der Waals surface area contributed by atoms with E-state index < -0.39 is 26.8 Å². The molecule has 0 bridgehead atoms.